The van der Waals surface area contributed by atoms with Gasteiger partial charge in [-0.25, -0.2) is 0 Å². The van der Waals surface area contributed by atoms with Crippen LogP contribution in [0.3, 0.4) is 0 Å². The number of hydrogen-bond acceptors (Lipinski definition) is 1. The summed E-state index contributed by atoms with van der Waals surface area (Å²) in [4.78, 5) is 2.32. The monoisotopic (exact) mass is 1370 g/mol. The molecule has 0 fully saturated rings. The maximum Gasteiger partial charge on any atom is 0.252 e. The lowest BCUT2D eigenvalue weighted by atomic mass is 9.33. The van der Waals surface area contributed by atoms with Gasteiger partial charge in [0.15, 0.2) is 0 Å². The highest BCUT2D eigenvalue weighted by molar-refractivity contribution is 7.00. The van der Waals surface area contributed by atoms with Gasteiger partial charge >= 0.3 is 0 Å². The molecule has 0 aliphatic carbocycles. The first-order valence-electron chi connectivity index (χ1n) is 45.9. The number of nitrogens with zero attached hydrogens (tertiary/aromatic N) is 5. The van der Waals surface area contributed by atoms with Crippen LogP contribution < -0.4 is 21.3 Å². The number of benzene rings is 16. The molecule has 6 heteroatoms. The van der Waals surface area contributed by atoms with Crippen molar-refractivity contribution >= 4 is 165 Å². The molecule has 0 unspecified atom stereocenters. The van der Waals surface area contributed by atoms with Gasteiger partial charge in [-0.05, 0) is 156 Å². The predicted octanol–water partition coefficient (Wildman–Crippen LogP) is 24.5. The first-order valence-corrected chi connectivity index (χ1v) is 35.4. The molecular weight excluding hydrogens is 1280 g/mol. The standard InChI is InChI=1S/C100H66BN5/c1-100(2,3)65-55-79(62-30-9-5-10-31-62)97(80(56-65)63-32-11-6-12-33-63)106-91-54-64(61-28-7-4-8-29-61)50-52-83(91)101-84-59-67(103-87-47-24-20-41-75(87)76-42-21-25-48-88(76)103)58-82-81-57-66(102-85-45-22-18-39-73(85)74-40-19-23-46-86(74)102)51-53-90(81)105(98(82)84)93-60-92-94(99(106)95(93)101)78-44-27-43-77-71-37-16-14-35-69(71)68-34-13-15-36-70(68)72-38-17-26-49-89(72)104(92)96(77)78/h4-60H,1-3H3/i4D,7D,8D,18D,19D,20D,21D,22D,23D,24D,25D,28D,29D,39D,40D,41D,42D,45D,46D,47D,48D. The fourth-order valence-corrected chi connectivity index (χ4v) is 17.8. The number of hydrogen-bond donors (Lipinski definition) is 0. The predicted molar refractivity (Wildman–Crippen MR) is 451 cm³/mol. The second kappa shape index (κ2) is 22.1. The summed E-state index contributed by atoms with van der Waals surface area (Å²) in [6.07, 6.45) is 0. The average molecular weight is 1370 g/mol. The van der Waals surface area contributed by atoms with Crippen LogP contribution in [0.4, 0.5) is 17.1 Å². The van der Waals surface area contributed by atoms with Crippen molar-refractivity contribution in [3.8, 4) is 50.4 Å². The third-order valence-corrected chi connectivity index (χ3v) is 22.2. The van der Waals surface area contributed by atoms with E-state index in [9.17, 15) is 24.7 Å². The highest BCUT2D eigenvalue weighted by Crippen LogP contribution is 2.55. The molecule has 7 heterocycles. The summed E-state index contributed by atoms with van der Waals surface area (Å²) in [5, 5.41) is 7.47. The van der Waals surface area contributed by atoms with Crippen LogP contribution in [0.2, 0.25) is 0 Å². The van der Waals surface area contributed by atoms with E-state index in [1.165, 1.54) is 9.13 Å². The van der Waals surface area contributed by atoms with E-state index in [1.807, 2.05) is 84.9 Å². The Balaban J connectivity index is 1.01. The van der Waals surface area contributed by atoms with Crippen molar-refractivity contribution in [2.75, 3.05) is 4.90 Å². The summed E-state index contributed by atoms with van der Waals surface area (Å²) >= 11 is 0. The lowest BCUT2D eigenvalue weighted by Crippen LogP contribution is -2.60. The van der Waals surface area contributed by atoms with Gasteiger partial charge in [0.2, 0.25) is 0 Å². The quantitative estimate of drug-likeness (QED) is 0.152. The van der Waals surface area contributed by atoms with Crippen LogP contribution in [0.15, 0.2) is 345 Å². The molecule has 16 aromatic carbocycles. The molecule has 0 saturated carbocycles. The minimum absolute atomic E-state index is 0.0711. The van der Waals surface area contributed by atoms with E-state index in [0.717, 1.165) is 87.5 Å². The van der Waals surface area contributed by atoms with Gasteiger partial charge < -0.3 is 23.0 Å². The molecule has 0 N–H and O–H groups in total. The summed E-state index contributed by atoms with van der Waals surface area (Å²) in [7, 11) is 0. The summed E-state index contributed by atoms with van der Waals surface area (Å²) in [5.74, 6) is 0. The lowest BCUT2D eigenvalue weighted by Gasteiger charge is -2.43. The van der Waals surface area contributed by atoms with Gasteiger partial charge in [0.1, 0.15) is 0 Å². The number of fused-ring (bicyclic) bond motifs is 24. The third kappa shape index (κ3) is 8.21. The number of aromatic nitrogens is 4. The summed E-state index contributed by atoms with van der Waals surface area (Å²) < 4.78 is 207. The van der Waals surface area contributed by atoms with Gasteiger partial charge in [0.25, 0.3) is 6.71 Å². The molecule has 21 aromatic rings. The van der Waals surface area contributed by atoms with Crippen molar-refractivity contribution in [2.24, 2.45) is 0 Å². The Morgan fingerprint density at radius 3 is 1.41 bits per heavy atom. The van der Waals surface area contributed by atoms with Gasteiger partial charge in [0, 0.05) is 93.3 Å². The van der Waals surface area contributed by atoms with Gasteiger partial charge in [-0.1, -0.05) is 281 Å². The van der Waals surface area contributed by atoms with E-state index in [-0.39, 0.29) is 66.1 Å². The summed E-state index contributed by atoms with van der Waals surface area (Å²) in [6.45, 7) is 5.52. The van der Waals surface area contributed by atoms with E-state index < -0.39 is 139 Å². The zero-order valence-corrected chi connectivity index (χ0v) is 57.1. The number of anilines is 3. The molecule has 0 atom stereocenters. The van der Waals surface area contributed by atoms with Crippen molar-refractivity contribution in [1.82, 2.24) is 18.1 Å². The summed E-state index contributed by atoms with van der Waals surface area (Å²) in [5.41, 5.74) is 11.5. The second-order valence-electron chi connectivity index (χ2n) is 28.7. The van der Waals surface area contributed by atoms with Crippen molar-refractivity contribution in [3.05, 3.63) is 351 Å². The highest BCUT2D eigenvalue weighted by atomic mass is 15.2. The molecule has 5 aromatic heterocycles. The maximum absolute atomic E-state index is 10.1. The van der Waals surface area contributed by atoms with Crippen LogP contribution in [0, 0.1) is 0 Å². The Labute approximate surface area is 641 Å². The van der Waals surface area contributed by atoms with Crippen molar-refractivity contribution in [2.45, 2.75) is 26.2 Å². The van der Waals surface area contributed by atoms with E-state index in [4.69, 9.17) is 4.11 Å². The van der Waals surface area contributed by atoms with Crippen LogP contribution >= 0.6 is 0 Å². The Bertz CT molecular complexity index is 8550. The van der Waals surface area contributed by atoms with Crippen LogP contribution in [-0.2, 0) is 5.41 Å². The van der Waals surface area contributed by atoms with Crippen molar-refractivity contribution < 1.29 is 28.8 Å². The number of para-hydroxylation sites is 6. The molecule has 0 radical (unpaired) electrons. The molecular formula is C100H66BN5. The topological polar surface area (TPSA) is 22.4 Å². The minimum atomic E-state index is -1.01. The third-order valence-electron chi connectivity index (χ3n) is 22.2. The minimum Gasteiger partial charge on any atom is -0.310 e. The van der Waals surface area contributed by atoms with Crippen LogP contribution in [0.1, 0.15) is 55.1 Å². The Hall–Kier alpha value is -13.4. The Morgan fingerprint density at radius 2 is 0.802 bits per heavy atom. The van der Waals surface area contributed by atoms with Gasteiger partial charge in [-0.2, -0.15) is 0 Å². The molecule has 23 rings (SSSR count). The van der Waals surface area contributed by atoms with E-state index in [2.05, 4.69) is 150 Å². The van der Waals surface area contributed by atoms with Crippen LogP contribution in [-0.4, -0.2) is 24.8 Å². The molecule has 0 saturated heterocycles. The molecule has 5 nitrogen and oxygen atoms in total. The van der Waals surface area contributed by atoms with E-state index in [1.54, 1.807) is 18.2 Å². The zero-order valence-electron chi connectivity index (χ0n) is 78.1. The largest absolute Gasteiger partial charge is 0.310 e. The van der Waals surface area contributed by atoms with Crippen molar-refractivity contribution in [3.63, 3.8) is 0 Å². The normalized spacial score (nSPS) is 15.6. The van der Waals surface area contributed by atoms with Crippen LogP contribution in [0.5, 0.6) is 0 Å². The molecule has 0 amide bonds. The molecule has 0 spiro atoms. The molecule has 2 aliphatic heterocycles. The molecule has 2 aliphatic rings. The second-order valence-corrected chi connectivity index (χ2v) is 28.7. The Morgan fingerprint density at radius 1 is 0.292 bits per heavy atom. The van der Waals surface area contributed by atoms with Gasteiger partial charge in [-0.3, -0.25) is 0 Å². The average Bonchev–Trinajstić information content (AvgIpc) is 1.57. The van der Waals surface area contributed by atoms with Gasteiger partial charge in [0.05, 0.1) is 84.3 Å². The molecule has 106 heavy (non-hydrogen) atoms. The van der Waals surface area contributed by atoms with E-state index in [0.29, 0.717) is 60.9 Å². The molecule has 0 bridgehead atoms. The lowest BCUT2D eigenvalue weighted by molar-refractivity contribution is 0.591. The summed E-state index contributed by atoms with van der Waals surface area (Å²) in [6, 6.07) is 61.5. The maximum atomic E-state index is 10.1. The number of rotatable bonds is 6. The Kier molecular flexibility index (Phi) is 8.79. The molecule has 494 valence electrons. The zero-order chi connectivity index (χ0) is 88.1. The SMILES string of the molecule is [2H]c1c([2H])c([2H])c(-c2ccc3c(c2)N(c2c(-c4ccccc4)cc(C(C)(C)C)cc2-c2ccccc2)c2c4c(cc5c2c2cccc6c7ccccc7c7ccccc7c7ccccc7n5c62)-n2c5ccc(-n6c7c([2H])c([2H])c([2H])c([2H])c7c7c([2H])c([2H])c([2H])c([2H])c76)cc5c5cc(-n6c7c([2H])c([2H])c([2H])c([2H])c7c7c([2H])c([2H])c([2H])c([2H])c76)cc(c52)B34)c([2H])c1[2H]. The van der Waals surface area contributed by atoms with Crippen LogP contribution in [0.25, 0.3) is 176 Å². The first kappa shape index (κ1) is 42.2. The smallest absolute Gasteiger partial charge is 0.252 e. The van der Waals surface area contributed by atoms with Gasteiger partial charge in [-0.15, -0.1) is 0 Å². The fraction of sp³-hybridized carbons (Fsp3) is 0.0400. The highest BCUT2D eigenvalue weighted by Gasteiger charge is 2.46. The fourth-order valence-electron chi connectivity index (χ4n) is 17.8. The van der Waals surface area contributed by atoms with E-state index >= 15 is 0 Å². The first-order chi connectivity index (χ1) is 61.0. The van der Waals surface area contributed by atoms with Crippen molar-refractivity contribution in [1.29, 1.82) is 0 Å².